The van der Waals surface area contributed by atoms with Gasteiger partial charge in [0, 0.05) is 6.04 Å². The van der Waals surface area contributed by atoms with Crippen LogP contribution in [0.15, 0.2) is 18.2 Å². The molecule has 1 unspecified atom stereocenters. The molecule has 0 aromatic heterocycles. The molecule has 0 saturated carbocycles. The molecule has 8 heteroatoms. The first-order valence-corrected chi connectivity index (χ1v) is 6.02. The van der Waals surface area contributed by atoms with Gasteiger partial charge in [0.1, 0.15) is 5.82 Å². The monoisotopic (exact) mass is 317 g/mol. The smallest absolute Gasteiger partial charge is 0.316 e. The van der Waals surface area contributed by atoms with Crippen molar-refractivity contribution in [3.05, 3.63) is 35.1 Å². The maximum absolute atomic E-state index is 12.9. The first kappa shape index (κ1) is 17.7. The van der Waals surface area contributed by atoms with E-state index < -0.39 is 36.6 Å². The molecule has 1 nitrogen and oxygen atoms in total. The van der Waals surface area contributed by atoms with Crippen molar-refractivity contribution in [3.63, 3.8) is 0 Å². The standard InChI is InChI=1S/C13H14F7N/c1-7-5-9(14)4-3-8(7)6-10(21-2)11(12(15,16)17)13(18,19)20/h3-5,10-11,21H,6H2,1-2H3. The SMILES string of the molecule is CNC(Cc1ccc(F)cc1C)C(C(F)(F)F)C(F)(F)F. The molecule has 0 aliphatic heterocycles. The Labute approximate surface area is 117 Å². The average molecular weight is 317 g/mol. The minimum absolute atomic E-state index is 0.231. The van der Waals surface area contributed by atoms with Crippen LogP contribution in [0.2, 0.25) is 0 Å². The van der Waals surface area contributed by atoms with E-state index in [0.717, 1.165) is 19.2 Å². The van der Waals surface area contributed by atoms with E-state index in [4.69, 9.17) is 0 Å². The van der Waals surface area contributed by atoms with Crippen LogP contribution in [0, 0.1) is 18.7 Å². The highest BCUT2D eigenvalue weighted by Crippen LogP contribution is 2.42. The van der Waals surface area contributed by atoms with Gasteiger partial charge in [-0.2, -0.15) is 26.3 Å². The molecule has 0 amide bonds. The maximum atomic E-state index is 12.9. The van der Waals surface area contributed by atoms with Crippen molar-refractivity contribution >= 4 is 0 Å². The second kappa shape index (κ2) is 6.21. The number of benzene rings is 1. The normalized spacial score (nSPS) is 14.6. The van der Waals surface area contributed by atoms with Crippen molar-refractivity contribution in [3.8, 4) is 0 Å². The Balaban J connectivity index is 3.10. The molecule has 0 bridgehead atoms. The zero-order valence-electron chi connectivity index (χ0n) is 11.2. The van der Waals surface area contributed by atoms with Gasteiger partial charge in [-0.15, -0.1) is 0 Å². The summed E-state index contributed by atoms with van der Waals surface area (Å²) < 4.78 is 89.1. The Morgan fingerprint density at radius 1 is 1.05 bits per heavy atom. The van der Waals surface area contributed by atoms with Gasteiger partial charge in [-0.25, -0.2) is 4.39 Å². The second-order valence-corrected chi connectivity index (χ2v) is 4.73. The molecule has 1 aromatic carbocycles. The largest absolute Gasteiger partial charge is 0.402 e. The van der Waals surface area contributed by atoms with Gasteiger partial charge in [-0.05, 0) is 43.7 Å². The van der Waals surface area contributed by atoms with Crippen LogP contribution >= 0.6 is 0 Å². The molecule has 0 saturated heterocycles. The lowest BCUT2D eigenvalue weighted by atomic mass is 9.90. The molecule has 1 N–H and O–H groups in total. The number of alkyl halides is 6. The molecule has 0 aliphatic carbocycles. The lowest BCUT2D eigenvalue weighted by Crippen LogP contribution is -2.51. The van der Waals surface area contributed by atoms with Crippen molar-refractivity contribution in [2.45, 2.75) is 31.7 Å². The molecule has 0 spiro atoms. The first-order chi connectivity index (χ1) is 9.46. The summed E-state index contributed by atoms with van der Waals surface area (Å²) in [5, 5.41) is 2.07. The lowest BCUT2D eigenvalue weighted by Gasteiger charge is -2.30. The molecule has 120 valence electrons. The summed E-state index contributed by atoms with van der Waals surface area (Å²) >= 11 is 0. The third-order valence-corrected chi connectivity index (χ3v) is 3.22. The fourth-order valence-electron chi connectivity index (χ4n) is 2.15. The highest BCUT2D eigenvalue weighted by molar-refractivity contribution is 5.27. The Hall–Kier alpha value is -1.31. The highest BCUT2D eigenvalue weighted by Gasteiger charge is 2.59. The number of likely N-dealkylation sites (N-methyl/N-ethyl adjacent to an activating group) is 1. The van der Waals surface area contributed by atoms with Gasteiger partial charge >= 0.3 is 12.4 Å². The van der Waals surface area contributed by atoms with Crippen LogP contribution in [-0.2, 0) is 6.42 Å². The summed E-state index contributed by atoms with van der Waals surface area (Å²) in [6, 6.07) is 1.39. The Bertz CT molecular complexity index is 464. The summed E-state index contributed by atoms with van der Waals surface area (Å²) in [7, 11) is 1.04. The third-order valence-electron chi connectivity index (χ3n) is 3.22. The average Bonchev–Trinajstić information content (AvgIpc) is 2.27. The van der Waals surface area contributed by atoms with Gasteiger partial charge in [0.05, 0.1) is 0 Å². The number of rotatable bonds is 4. The minimum Gasteiger partial charge on any atom is -0.316 e. The molecule has 0 radical (unpaired) electrons. The predicted molar refractivity (Wildman–Crippen MR) is 63.3 cm³/mol. The Kier molecular flexibility index (Phi) is 5.25. The summed E-state index contributed by atoms with van der Waals surface area (Å²) in [6.07, 6.45) is -11.3. The topological polar surface area (TPSA) is 12.0 Å². The Morgan fingerprint density at radius 3 is 1.95 bits per heavy atom. The minimum atomic E-state index is -5.42. The van der Waals surface area contributed by atoms with Crippen LogP contribution in [-0.4, -0.2) is 25.4 Å². The van der Waals surface area contributed by atoms with E-state index in [2.05, 4.69) is 5.32 Å². The molecular weight excluding hydrogens is 303 g/mol. The fraction of sp³-hybridized carbons (Fsp3) is 0.538. The van der Waals surface area contributed by atoms with Gasteiger partial charge in [0.2, 0.25) is 0 Å². The molecule has 21 heavy (non-hydrogen) atoms. The molecular formula is C13H14F7N. The molecule has 1 rings (SSSR count). The summed E-state index contributed by atoms with van der Waals surface area (Å²) in [5.74, 6) is -4.08. The summed E-state index contributed by atoms with van der Waals surface area (Å²) in [6.45, 7) is 1.43. The highest BCUT2D eigenvalue weighted by atomic mass is 19.4. The van der Waals surface area contributed by atoms with E-state index in [1.54, 1.807) is 0 Å². The van der Waals surface area contributed by atoms with E-state index in [9.17, 15) is 30.7 Å². The van der Waals surface area contributed by atoms with E-state index in [1.165, 1.54) is 13.0 Å². The van der Waals surface area contributed by atoms with Crippen molar-refractivity contribution in [1.82, 2.24) is 5.32 Å². The van der Waals surface area contributed by atoms with Crippen LogP contribution in [0.1, 0.15) is 11.1 Å². The Morgan fingerprint density at radius 2 is 1.57 bits per heavy atom. The zero-order chi connectivity index (χ0) is 16.4. The van der Waals surface area contributed by atoms with E-state index in [-0.39, 0.29) is 5.56 Å². The van der Waals surface area contributed by atoms with E-state index in [0.29, 0.717) is 5.56 Å². The molecule has 1 aromatic rings. The van der Waals surface area contributed by atoms with E-state index in [1.807, 2.05) is 0 Å². The van der Waals surface area contributed by atoms with Crippen LogP contribution < -0.4 is 5.32 Å². The van der Waals surface area contributed by atoms with Crippen molar-refractivity contribution in [2.75, 3.05) is 7.05 Å². The molecule has 0 fully saturated rings. The van der Waals surface area contributed by atoms with Crippen molar-refractivity contribution in [2.24, 2.45) is 5.92 Å². The van der Waals surface area contributed by atoms with Gasteiger partial charge in [-0.1, -0.05) is 6.07 Å². The van der Waals surface area contributed by atoms with Gasteiger partial charge in [0.15, 0.2) is 5.92 Å². The number of aryl methyl sites for hydroxylation is 1. The predicted octanol–water partition coefficient (Wildman–Crippen LogP) is 4.01. The van der Waals surface area contributed by atoms with Gasteiger partial charge in [-0.3, -0.25) is 0 Å². The molecule has 0 heterocycles. The first-order valence-electron chi connectivity index (χ1n) is 6.02. The lowest BCUT2D eigenvalue weighted by molar-refractivity contribution is -0.291. The fourth-order valence-corrected chi connectivity index (χ4v) is 2.15. The molecule has 0 aliphatic rings. The van der Waals surface area contributed by atoms with Crippen molar-refractivity contribution < 1.29 is 30.7 Å². The number of hydrogen-bond acceptors (Lipinski definition) is 1. The van der Waals surface area contributed by atoms with Gasteiger partial charge < -0.3 is 5.32 Å². The maximum Gasteiger partial charge on any atom is 0.402 e. The van der Waals surface area contributed by atoms with Crippen molar-refractivity contribution in [1.29, 1.82) is 0 Å². The zero-order valence-corrected chi connectivity index (χ0v) is 11.2. The number of halogens is 7. The third kappa shape index (κ3) is 4.59. The van der Waals surface area contributed by atoms with Crippen LogP contribution in [0.3, 0.4) is 0 Å². The van der Waals surface area contributed by atoms with E-state index >= 15 is 0 Å². The van der Waals surface area contributed by atoms with Crippen LogP contribution in [0.25, 0.3) is 0 Å². The second-order valence-electron chi connectivity index (χ2n) is 4.73. The van der Waals surface area contributed by atoms with Gasteiger partial charge in [0.25, 0.3) is 0 Å². The number of nitrogens with one attached hydrogen (secondary N) is 1. The quantitative estimate of drug-likeness (QED) is 0.828. The van der Waals surface area contributed by atoms with Crippen LogP contribution in [0.5, 0.6) is 0 Å². The van der Waals surface area contributed by atoms with Crippen LogP contribution in [0.4, 0.5) is 30.7 Å². The summed E-state index contributed by atoms with van der Waals surface area (Å²) in [4.78, 5) is 0. The summed E-state index contributed by atoms with van der Waals surface area (Å²) in [5.41, 5.74) is 0.535. The number of hydrogen-bond donors (Lipinski definition) is 1. The molecule has 1 atom stereocenters.